The number of ether oxygens (including phenoxy) is 1. The van der Waals surface area contributed by atoms with Gasteiger partial charge in [-0.05, 0) is 64.3 Å². The van der Waals surface area contributed by atoms with Gasteiger partial charge in [0, 0.05) is 12.0 Å². The van der Waals surface area contributed by atoms with Crippen molar-refractivity contribution in [1.82, 2.24) is 19.5 Å². The van der Waals surface area contributed by atoms with Crippen LogP contribution in [0.4, 0.5) is 5.82 Å². The molecule has 12 heteroatoms. The van der Waals surface area contributed by atoms with E-state index in [-0.39, 0.29) is 34.4 Å². The monoisotopic (exact) mass is 661 g/mol. The first-order chi connectivity index (χ1) is 18.9. The maximum absolute atomic E-state index is 12.9. The number of hydrogen-bond acceptors (Lipinski definition) is 7. The molecule has 1 N–H and O–H groups in total. The van der Waals surface area contributed by atoms with E-state index in [0.717, 1.165) is 0 Å². The van der Waals surface area contributed by atoms with Gasteiger partial charge in [-0.25, -0.2) is 15.0 Å². The van der Waals surface area contributed by atoms with Crippen LogP contribution < -0.4 is 5.32 Å². The summed E-state index contributed by atoms with van der Waals surface area (Å²) in [5, 5.41) is 3.02. The van der Waals surface area contributed by atoms with Gasteiger partial charge < -0.3 is 18.9 Å². The highest BCUT2D eigenvalue weighted by molar-refractivity contribution is 9.10. The Morgan fingerprint density at radius 3 is 2.29 bits per heavy atom. The van der Waals surface area contributed by atoms with Gasteiger partial charge in [0.2, 0.25) is 0 Å². The molecule has 1 aliphatic heterocycles. The second-order valence-electron chi connectivity index (χ2n) is 13.8. The molecule has 3 aromatic rings. The van der Waals surface area contributed by atoms with Crippen LogP contribution in [0, 0.1) is 0 Å². The number of benzene rings is 1. The second kappa shape index (κ2) is 11.6. The molecule has 1 aromatic carbocycles. The molecule has 1 saturated heterocycles. The van der Waals surface area contributed by atoms with Crippen LogP contribution in [-0.2, 0) is 13.6 Å². The van der Waals surface area contributed by atoms with Crippen molar-refractivity contribution in [2.45, 2.75) is 103 Å². The Morgan fingerprint density at radius 2 is 1.68 bits per heavy atom. The number of amides is 1. The molecule has 41 heavy (non-hydrogen) atoms. The third-order valence-electron chi connectivity index (χ3n) is 8.84. The van der Waals surface area contributed by atoms with Crippen LogP contribution in [0.5, 0.6) is 0 Å². The predicted molar refractivity (Wildman–Crippen MR) is 171 cm³/mol. The van der Waals surface area contributed by atoms with E-state index in [1.807, 2.05) is 22.8 Å². The molecule has 3 atom stereocenters. The minimum atomic E-state index is -2.10. The molecule has 1 aliphatic rings. The first-order valence-electron chi connectivity index (χ1n) is 14.1. The summed E-state index contributed by atoms with van der Waals surface area (Å²) in [5.74, 6) is 0.0762. The fraction of sp³-hybridized carbons (Fsp3) is 0.586. The van der Waals surface area contributed by atoms with Crippen LogP contribution in [0.3, 0.4) is 0 Å². The van der Waals surface area contributed by atoms with Crippen LogP contribution in [0.25, 0.3) is 11.2 Å². The number of carbonyl (C=O) groups excluding carboxylic acids is 1. The van der Waals surface area contributed by atoms with Crippen molar-refractivity contribution in [2.24, 2.45) is 0 Å². The lowest BCUT2D eigenvalue weighted by molar-refractivity contribution is -0.0391. The summed E-state index contributed by atoms with van der Waals surface area (Å²) in [5.41, 5.74) is 1.58. The first kappa shape index (κ1) is 32.0. The Hall–Kier alpha value is -1.97. The average molecular weight is 663 g/mol. The highest BCUT2D eigenvalue weighted by Crippen LogP contribution is 2.43. The summed E-state index contributed by atoms with van der Waals surface area (Å²) in [6.07, 6.45) is 1.28. The van der Waals surface area contributed by atoms with Gasteiger partial charge in [-0.15, -0.1) is 0 Å². The van der Waals surface area contributed by atoms with E-state index in [1.165, 1.54) is 6.33 Å². The number of halogens is 1. The average Bonchev–Trinajstić information content (AvgIpc) is 3.41. The lowest BCUT2D eigenvalue weighted by Gasteiger charge is -2.40. The number of aromatic nitrogens is 4. The van der Waals surface area contributed by atoms with Crippen molar-refractivity contribution in [2.75, 3.05) is 11.9 Å². The Labute approximate surface area is 254 Å². The molecule has 0 unspecified atom stereocenters. The van der Waals surface area contributed by atoms with Crippen molar-refractivity contribution in [1.29, 1.82) is 0 Å². The number of anilines is 1. The van der Waals surface area contributed by atoms with Gasteiger partial charge in [-0.2, -0.15) is 0 Å². The number of nitrogens with one attached hydrogen (secondary N) is 1. The van der Waals surface area contributed by atoms with Crippen molar-refractivity contribution in [3.8, 4) is 0 Å². The molecule has 0 spiro atoms. The normalized spacial score (nSPS) is 20.5. The maximum Gasteiger partial charge on any atom is 0.256 e. The highest BCUT2D eigenvalue weighted by atomic mass is 79.9. The molecule has 2 aromatic heterocycles. The molecule has 4 rings (SSSR count). The first-order valence-corrected chi connectivity index (χ1v) is 20.7. The van der Waals surface area contributed by atoms with Gasteiger partial charge in [0.1, 0.15) is 18.7 Å². The highest BCUT2D eigenvalue weighted by Gasteiger charge is 2.47. The van der Waals surface area contributed by atoms with Crippen LogP contribution in [0.1, 0.15) is 64.5 Å². The van der Waals surface area contributed by atoms with E-state index in [2.05, 4.69) is 104 Å². The van der Waals surface area contributed by atoms with E-state index in [0.29, 0.717) is 40.3 Å². The summed E-state index contributed by atoms with van der Waals surface area (Å²) in [6.45, 7) is 23.0. The number of rotatable bonds is 8. The summed E-state index contributed by atoms with van der Waals surface area (Å²) in [6, 6.07) is 9.01. The fourth-order valence-electron chi connectivity index (χ4n) is 4.19. The quantitative estimate of drug-likeness (QED) is 0.197. The summed E-state index contributed by atoms with van der Waals surface area (Å²) >= 11 is 3.63. The third kappa shape index (κ3) is 6.83. The van der Waals surface area contributed by atoms with Gasteiger partial charge >= 0.3 is 0 Å². The van der Waals surface area contributed by atoms with Gasteiger partial charge in [-0.3, -0.25) is 9.36 Å². The van der Waals surface area contributed by atoms with E-state index in [1.54, 1.807) is 12.1 Å². The largest absolute Gasteiger partial charge is 0.414 e. The Kier molecular flexibility index (Phi) is 9.05. The van der Waals surface area contributed by atoms with E-state index in [4.69, 9.17) is 13.6 Å². The van der Waals surface area contributed by atoms with E-state index >= 15 is 0 Å². The molecule has 3 heterocycles. The minimum Gasteiger partial charge on any atom is -0.414 e. The van der Waals surface area contributed by atoms with E-state index in [9.17, 15) is 4.79 Å². The van der Waals surface area contributed by atoms with Gasteiger partial charge in [-0.1, -0.05) is 59.7 Å². The van der Waals surface area contributed by atoms with Crippen LogP contribution in [-0.4, -0.2) is 60.9 Å². The molecule has 1 fully saturated rings. The fourth-order valence-corrected chi connectivity index (χ4v) is 7.14. The topological polar surface area (TPSA) is 100 Å². The molecule has 9 nitrogen and oxygen atoms in total. The minimum absolute atomic E-state index is 0.0529. The smallest absolute Gasteiger partial charge is 0.256 e. The molecule has 1 amide bonds. The zero-order valence-corrected chi connectivity index (χ0v) is 29.5. The number of fused-ring (bicyclic) bond motifs is 1. The molecular formula is C29H44BrN5O4Si2. The molecular weight excluding hydrogens is 618 g/mol. The van der Waals surface area contributed by atoms with Crippen molar-refractivity contribution in [3.05, 3.63) is 47.0 Å². The van der Waals surface area contributed by atoms with Crippen LogP contribution in [0.15, 0.2) is 41.4 Å². The maximum atomic E-state index is 12.9. The lowest BCUT2D eigenvalue weighted by atomic mass is 10.2. The predicted octanol–water partition coefficient (Wildman–Crippen LogP) is 7.54. The Balaban J connectivity index is 1.64. The van der Waals surface area contributed by atoms with E-state index < -0.39 is 16.6 Å². The third-order valence-corrected chi connectivity index (χ3v) is 18.4. The van der Waals surface area contributed by atoms with Crippen molar-refractivity contribution >= 4 is 55.5 Å². The summed E-state index contributed by atoms with van der Waals surface area (Å²) < 4.78 is 22.7. The Bertz CT molecular complexity index is 1390. The zero-order chi connectivity index (χ0) is 30.4. The zero-order valence-electron chi connectivity index (χ0n) is 25.9. The standard InChI is InChI=1S/C29H44BrN5O4Si2/c1-28(2,3)40(7,8)37-17-21-20(39-41(9,10)29(4,5)6)16-22(38-21)35-25-23(33-27(35)30)24(31-18-32-25)34-26(36)19-14-12-11-13-15-19/h11-15,18,20-22H,16-17H2,1-10H3,(H,31,32,34,36)/t20-,21+,22+/m0/s1. The molecule has 0 radical (unpaired) electrons. The van der Waals surface area contributed by atoms with Gasteiger partial charge in [0.15, 0.2) is 38.4 Å². The number of imidazole rings is 1. The number of hydrogen-bond donors (Lipinski definition) is 1. The summed E-state index contributed by atoms with van der Waals surface area (Å²) in [7, 11) is -4.10. The molecule has 224 valence electrons. The van der Waals surface area contributed by atoms with Crippen molar-refractivity contribution in [3.63, 3.8) is 0 Å². The number of nitrogens with zero attached hydrogens (tertiary/aromatic N) is 4. The number of carbonyl (C=O) groups is 1. The SMILES string of the molecule is CC(C)(C)[Si](C)(C)OC[C@H]1O[C@@H](n2c(Br)nc3c(NC(=O)c4ccccc4)ncnc32)C[C@@H]1O[Si](C)(C)C(C)(C)C. The molecule has 0 bridgehead atoms. The van der Waals surface area contributed by atoms with Gasteiger partial charge in [0.25, 0.3) is 5.91 Å². The van der Waals surface area contributed by atoms with Crippen LogP contribution >= 0.6 is 15.9 Å². The second-order valence-corrected chi connectivity index (χ2v) is 24.1. The van der Waals surface area contributed by atoms with Crippen LogP contribution in [0.2, 0.25) is 36.3 Å². The lowest BCUT2D eigenvalue weighted by Crippen LogP contribution is -2.48. The van der Waals surface area contributed by atoms with Crippen molar-refractivity contribution < 1.29 is 18.4 Å². The molecule has 0 aliphatic carbocycles. The molecule has 0 saturated carbocycles. The Morgan fingerprint density at radius 1 is 1.05 bits per heavy atom. The van der Waals surface area contributed by atoms with Gasteiger partial charge in [0.05, 0.1) is 12.7 Å². The summed E-state index contributed by atoms with van der Waals surface area (Å²) in [4.78, 5) is 26.4.